The van der Waals surface area contributed by atoms with Crippen LogP contribution in [0, 0.1) is 0 Å². The molecule has 0 aliphatic carbocycles. The molecule has 108 valence electrons. The molecule has 0 spiro atoms. The fourth-order valence-corrected chi connectivity index (χ4v) is 1.53. The van der Waals surface area contributed by atoms with Gasteiger partial charge in [0.05, 0.1) is 17.8 Å². The van der Waals surface area contributed by atoms with Crippen molar-refractivity contribution in [1.29, 1.82) is 0 Å². The number of halogens is 3. The van der Waals surface area contributed by atoms with Crippen LogP contribution in [0.2, 0.25) is 0 Å². The topological polar surface area (TPSA) is 52.5 Å². The van der Waals surface area contributed by atoms with Crippen molar-refractivity contribution in [3.63, 3.8) is 0 Å². The summed E-state index contributed by atoms with van der Waals surface area (Å²) in [7, 11) is 0. The maximum atomic E-state index is 12.6. The quantitative estimate of drug-likeness (QED) is 0.772. The van der Waals surface area contributed by atoms with Crippen LogP contribution in [0.15, 0.2) is 24.3 Å². The van der Waals surface area contributed by atoms with E-state index in [0.717, 1.165) is 12.1 Å². The van der Waals surface area contributed by atoms with E-state index in [-0.39, 0.29) is 12.6 Å². The second kappa shape index (κ2) is 5.90. The number of hydrogen-bond donors (Lipinski definition) is 3. The van der Waals surface area contributed by atoms with Gasteiger partial charge in [-0.25, -0.2) is 0 Å². The predicted molar refractivity (Wildman–Crippen MR) is 65.6 cm³/mol. The Kier molecular flexibility index (Phi) is 4.95. The first-order valence-corrected chi connectivity index (χ1v) is 5.89. The Morgan fingerprint density at radius 1 is 1.32 bits per heavy atom. The van der Waals surface area contributed by atoms with Gasteiger partial charge in [0.2, 0.25) is 0 Å². The molecular weight excluding hydrogens is 259 g/mol. The molecule has 0 radical (unpaired) electrons. The number of rotatable bonds is 5. The minimum absolute atomic E-state index is 0.0842. The van der Waals surface area contributed by atoms with Gasteiger partial charge in [0.1, 0.15) is 0 Å². The van der Waals surface area contributed by atoms with E-state index in [4.69, 9.17) is 5.11 Å². The molecule has 1 rings (SSSR count). The third kappa shape index (κ3) is 4.81. The summed E-state index contributed by atoms with van der Waals surface area (Å²) in [5, 5.41) is 21.4. The number of alkyl halides is 3. The Hall–Kier alpha value is -1.11. The molecule has 0 bridgehead atoms. The molecule has 1 aromatic carbocycles. The Balaban J connectivity index is 2.75. The minimum atomic E-state index is -4.37. The van der Waals surface area contributed by atoms with Crippen molar-refractivity contribution in [3.05, 3.63) is 35.4 Å². The van der Waals surface area contributed by atoms with Crippen molar-refractivity contribution in [2.75, 3.05) is 13.2 Å². The lowest BCUT2D eigenvalue weighted by Crippen LogP contribution is -2.41. The Bertz CT molecular complexity index is 419. The van der Waals surface area contributed by atoms with E-state index in [2.05, 4.69) is 5.32 Å². The number of aliphatic hydroxyl groups excluding tert-OH is 1. The predicted octanol–water partition coefficient (Wildman–Crippen LogP) is 2.10. The van der Waals surface area contributed by atoms with Crippen molar-refractivity contribution in [2.45, 2.75) is 31.7 Å². The van der Waals surface area contributed by atoms with Crippen LogP contribution in [-0.2, 0) is 6.18 Å². The highest BCUT2D eigenvalue weighted by atomic mass is 19.4. The average Bonchev–Trinajstić information content (AvgIpc) is 2.35. The molecule has 0 aliphatic heterocycles. The van der Waals surface area contributed by atoms with Crippen LogP contribution in [0.1, 0.15) is 31.0 Å². The monoisotopic (exact) mass is 277 g/mol. The lowest BCUT2D eigenvalue weighted by molar-refractivity contribution is -0.137. The van der Waals surface area contributed by atoms with Gasteiger partial charge >= 0.3 is 6.18 Å². The first-order valence-electron chi connectivity index (χ1n) is 5.89. The normalized spacial score (nSPS) is 17.0. The van der Waals surface area contributed by atoms with Gasteiger partial charge in [-0.05, 0) is 31.5 Å². The number of aliphatic hydroxyl groups is 2. The van der Waals surface area contributed by atoms with Crippen LogP contribution < -0.4 is 5.32 Å². The Labute approximate surface area is 110 Å². The van der Waals surface area contributed by atoms with E-state index < -0.39 is 23.9 Å². The standard InChI is InChI=1S/C13H18F3NO2/c1-9(17-7-12(2,19)8-18)10-4-3-5-11(6-10)13(14,15)16/h3-6,9,17-19H,7-8H2,1-2H3. The highest BCUT2D eigenvalue weighted by Gasteiger charge is 2.30. The van der Waals surface area contributed by atoms with Gasteiger partial charge in [-0.15, -0.1) is 0 Å². The zero-order chi connectivity index (χ0) is 14.7. The van der Waals surface area contributed by atoms with Crippen molar-refractivity contribution >= 4 is 0 Å². The van der Waals surface area contributed by atoms with Crippen LogP contribution in [0.25, 0.3) is 0 Å². The van der Waals surface area contributed by atoms with Crippen LogP contribution in [0.5, 0.6) is 0 Å². The minimum Gasteiger partial charge on any atom is -0.393 e. The smallest absolute Gasteiger partial charge is 0.393 e. The summed E-state index contributed by atoms with van der Waals surface area (Å²) in [5.41, 5.74) is -1.52. The molecule has 0 aliphatic rings. The summed E-state index contributed by atoms with van der Waals surface area (Å²) in [5.74, 6) is 0. The second-order valence-corrected chi connectivity index (χ2v) is 4.88. The third-order valence-electron chi connectivity index (χ3n) is 2.84. The van der Waals surface area contributed by atoms with Crippen molar-refractivity contribution in [2.24, 2.45) is 0 Å². The maximum absolute atomic E-state index is 12.6. The van der Waals surface area contributed by atoms with Gasteiger partial charge in [-0.1, -0.05) is 12.1 Å². The van der Waals surface area contributed by atoms with Crippen molar-refractivity contribution in [3.8, 4) is 0 Å². The number of benzene rings is 1. The van der Waals surface area contributed by atoms with Crippen LogP contribution in [-0.4, -0.2) is 29.0 Å². The number of nitrogens with one attached hydrogen (secondary N) is 1. The van der Waals surface area contributed by atoms with Crippen LogP contribution in [0.3, 0.4) is 0 Å². The van der Waals surface area contributed by atoms with E-state index in [9.17, 15) is 18.3 Å². The van der Waals surface area contributed by atoms with Crippen molar-refractivity contribution in [1.82, 2.24) is 5.32 Å². The molecule has 0 saturated heterocycles. The molecule has 6 heteroatoms. The summed E-state index contributed by atoms with van der Waals surface area (Å²) in [4.78, 5) is 0. The molecule has 0 heterocycles. The van der Waals surface area contributed by atoms with E-state index in [1.165, 1.54) is 13.0 Å². The zero-order valence-electron chi connectivity index (χ0n) is 10.8. The van der Waals surface area contributed by atoms with Gasteiger partial charge in [0.25, 0.3) is 0 Å². The summed E-state index contributed by atoms with van der Waals surface area (Å²) in [6.07, 6.45) is -4.37. The van der Waals surface area contributed by atoms with Gasteiger partial charge in [-0.3, -0.25) is 0 Å². The lowest BCUT2D eigenvalue weighted by atomic mass is 10.0. The molecule has 3 N–H and O–H groups in total. The molecule has 3 nitrogen and oxygen atoms in total. The summed E-state index contributed by atoms with van der Waals surface area (Å²) in [6, 6.07) is 4.66. The van der Waals surface area contributed by atoms with Gasteiger partial charge in [0.15, 0.2) is 0 Å². The Morgan fingerprint density at radius 2 is 1.95 bits per heavy atom. The van der Waals surface area contributed by atoms with E-state index in [1.54, 1.807) is 13.0 Å². The second-order valence-electron chi connectivity index (χ2n) is 4.88. The molecule has 0 amide bonds. The molecule has 1 aromatic rings. The number of hydrogen-bond acceptors (Lipinski definition) is 3. The summed E-state index contributed by atoms with van der Waals surface area (Å²) < 4.78 is 37.7. The largest absolute Gasteiger partial charge is 0.416 e. The maximum Gasteiger partial charge on any atom is 0.416 e. The first kappa shape index (κ1) is 15.9. The molecule has 2 unspecified atom stereocenters. The van der Waals surface area contributed by atoms with E-state index >= 15 is 0 Å². The van der Waals surface area contributed by atoms with E-state index in [0.29, 0.717) is 5.56 Å². The van der Waals surface area contributed by atoms with Gasteiger partial charge in [0, 0.05) is 12.6 Å². The highest BCUT2D eigenvalue weighted by Crippen LogP contribution is 2.30. The first-order chi connectivity index (χ1) is 8.65. The highest BCUT2D eigenvalue weighted by molar-refractivity contribution is 5.27. The van der Waals surface area contributed by atoms with Gasteiger partial charge < -0.3 is 15.5 Å². The van der Waals surface area contributed by atoms with Crippen LogP contribution in [0.4, 0.5) is 13.2 Å². The Morgan fingerprint density at radius 3 is 2.47 bits per heavy atom. The molecular formula is C13H18F3NO2. The van der Waals surface area contributed by atoms with Crippen LogP contribution >= 0.6 is 0 Å². The molecule has 2 atom stereocenters. The van der Waals surface area contributed by atoms with E-state index in [1.807, 2.05) is 0 Å². The lowest BCUT2D eigenvalue weighted by Gasteiger charge is -2.24. The summed E-state index contributed by atoms with van der Waals surface area (Å²) >= 11 is 0. The molecule has 19 heavy (non-hydrogen) atoms. The SMILES string of the molecule is CC(NCC(C)(O)CO)c1cccc(C(F)(F)F)c1. The molecule has 0 saturated carbocycles. The zero-order valence-corrected chi connectivity index (χ0v) is 10.8. The average molecular weight is 277 g/mol. The fourth-order valence-electron chi connectivity index (χ4n) is 1.53. The van der Waals surface area contributed by atoms with Gasteiger partial charge in [-0.2, -0.15) is 13.2 Å². The molecule has 0 fully saturated rings. The van der Waals surface area contributed by atoms with Crippen molar-refractivity contribution < 1.29 is 23.4 Å². The fraction of sp³-hybridized carbons (Fsp3) is 0.538. The molecule has 0 aromatic heterocycles. The summed E-state index contributed by atoms with van der Waals surface area (Å²) in [6.45, 7) is 2.80. The third-order valence-corrected chi connectivity index (χ3v) is 2.84.